The number of Topliss-reactive ketones (excluding diaryl/α,β-unsaturated/α-hetero) is 1. The molecule has 0 aliphatic heterocycles. The van der Waals surface area contributed by atoms with E-state index in [9.17, 15) is 9.59 Å². The van der Waals surface area contributed by atoms with Crippen molar-refractivity contribution in [3.05, 3.63) is 64.6 Å². The van der Waals surface area contributed by atoms with Gasteiger partial charge in [-0.2, -0.15) is 0 Å². The van der Waals surface area contributed by atoms with Crippen molar-refractivity contribution < 1.29 is 14.3 Å². The van der Waals surface area contributed by atoms with Crippen LogP contribution in [0.15, 0.2) is 42.7 Å². The molecule has 0 atom stereocenters. The minimum absolute atomic E-state index is 0.0577. The Kier molecular flexibility index (Phi) is 5.23. The molecule has 1 N–H and O–H groups in total. The van der Waals surface area contributed by atoms with E-state index in [4.69, 9.17) is 16.3 Å². The van der Waals surface area contributed by atoms with Crippen molar-refractivity contribution in [1.82, 2.24) is 14.7 Å². The number of ether oxygens (including phenoxy) is 1. The number of hydrogen-bond acceptors (Lipinski definition) is 4. The Morgan fingerprint density at radius 3 is 2.77 bits per heavy atom. The van der Waals surface area contributed by atoms with Crippen LogP contribution >= 0.6 is 11.6 Å². The van der Waals surface area contributed by atoms with Crippen molar-refractivity contribution in [3.8, 4) is 5.75 Å². The summed E-state index contributed by atoms with van der Waals surface area (Å²) in [6.07, 6.45) is 3.69. The first-order chi connectivity index (χ1) is 12.5. The second-order valence-corrected chi connectivity index (χ2v) is 6.32. The highest BCUT2D eigenvalue weighted by molar-refractivity contribution is 6.30. The van der Waals surface area contributed by atoms with E-state index in [1.165, 1.54) is 14.0 Å². The first kappa shape index (κ1) is 17.9. The quantitative estimate of drug-likeness (QED) is 0.676. The SMILES string of the molecule is COc1ccc(C(C)=O)cc1CC(=O)NCc1cn2cc(Cl)ccc2n1. The van der Waals surface area contributed by atoms with Crippen molar-refractivity contribution in [2.45, 2.75) is 19.9 Å². The van der Waals surface area contributed by atoms with Gasteiger partial charge in [-0.15, -0.1) is 0 Å². The third-order valence-corrected chi connectivity index (χ3v) is 4.19. The Balaban J connectivity index is 1.68. The molecule has 0 saturated carbocycles. The van der Waals surface area contributed by atoms with Gasteiger partial charge >= 0.3 is 0 Å². The van der Waals surface area contributed by atoms with Crippen molar-refractivity contribution in [1.29, 1.82) is 0 Å². The summed E-state index contributed by atoms with van der Waals surface area (Å²) in [5.41, 5.74) is 2.70. The van der Waals surface area contributed by atoms with Crippen molar-refractivity contribution in [2.75, 3.05) is 7.11 Å². The topological polar surface area (TPSA) is 72.7 Å². The van der Waals surface area contributed by atoms with Gasteiger partial charge in [-0.1, -0.05) is 11.6 Å². The third kappa shape index (κ3) is 4.03. The van der Waals surface area contributed by atoms with Crippen molar-refractivity contribution >= 4 is 28.9 Å². The molecule has 1 aromatic carbocycles. The van der Waals surface area contributed by atoms with Crippen LogP contribution in [0.2, 0.25) is 5.02 Å². The largest absolute Gasteiger partial charge is 0.496 e. The minimum atomic E-state index is -0.181. The molecule has 26 heavy (non-hydrogen) atoms. The minimum Gasteiger partial charge on any atom is -0.496 e. The second kappa shape index (κ2) is 7.58. The second-order valence-electron chi connectivity index (χ2n) is 5.88. The highest BCUT2D eigenvalue weighted by atomic mass is 35.5. The average Bonchev–Trinajstić information content (AvgIpc) is 3.01. The molecule has 0 bridgehead atoms. The fraction of sp³-hybridized carbons (Fsp3) is 0.211. The number of imidazole rings is 1. The number of halogens is 1. The standard InChI is InChI=1S/C19H18ClN3O3/c1-12(24)13-3-5-17(26-2)14(7-13)8-19(25)21-9-16-11-23-10-15(20)4-6-18(23)22-16/h3-7,10-11H,8-9H2,1-2H3,(H,21,25). The lowest BCUT2D eigenvalue weighted by molar-refractivity contribution is -0.120. The summed E-state index contributed by atoms with van der Waals surface area (Å²) in [5, 5.41) is 3.45. The summed E-state index contributed by atoms with van der Waals surface area (Å²) in [6, 6.07) is 8.65. The molecule has 0 saturated heterocycles. The number of carbonyl (C=O) groups excluding carboxylic acids is 2. The summed E-state index contributed by atoms with van der Waals surface area (Å²) in [7, 11) is 1.53. The first-order valence-electron chi connectivity index (χ1n) is 8.04. The van der Waals surface area contributed by atoms with Gasteiger partial charge in [-0.3, -0.25) is 9.59 Å². The zero-order valence-corrected chi connectivity index (χ0v) is 15.2. The predicted octanol–water partition coefficient (Wildman–Crippen LogP) is 3.06. The molecule has 2 heterocycles. The van der Waals surface area contributed by atoms with E-state index < -0.39 is 0 Å². The van der Waals surface area contributed by atoms with Gasteiger partial charge in [0.15, 0.2) is 5.78 Å². The molecule has 0 fully saturated rings. The summed E-state index contributed by atoms with van der Waals surface area (Å²) in [6.45, 7) is 1.79. The van der Waals surface area contributed by atoms with Gasteiger partial charge in [-0.25, -0.2) is 4.98 Å². The van der Waals surface area contributed by atoms with E-state index in [0.717, 1.165) is 11.3 Å². The van der Waals surface area contributed by atoms with Gasteiger partial charge in [0.1, 0.15) is 11.4 Å². The van der Waals surface area contributed by atoms with E-state index in [1.54, 1.807) is 30.5 Å². The zero-order valence-electron chi connectivity index (χ0n) is 14.5. The summed E-state index contributed by atoms with van der Waals surface area (Å²) >= 11 is 5.96. The van der Waals surface area contributed by atoms with Crippen LogP contribution in [0.1, 0.15) is 28.5 Å². The normalized spacial score (nSPS) is 10.7. The number of benzene rings is 1. The number of rotatable bonds is 6. The van der Waals surface area contributed by atoms with Crippen LogP contribution in [0.4, 0.5) is 0 Å². The van der Waals surface area contributed by atoms with Gasteiger partial charge in [0, 0.05) is 23.5 Å². The van der Waals surface area contributed by atoms with Crippen LogP contribution < -0.4 is 10.1 Å². The van der Waals surface area contributed by atoms with Gasteiger partial charge in [0.2, 0.25) is 5.91 Å². The van der Waals surface area contributed by atoms with Crippen LogP contribution in [0, 0.1) is 0 Å². The maximum atomic E-state index is 12.3. The molecular formula is C19H18ClN3O3. The maximum absolute atomic E-state index is 12.3. The van der Waals surface area contributed by atoms with E-state index in [2.05, 4.69) is 10.3 Å². The summed E-state index contributed by atoms with van der Waals surface area (Å²) in [5.74, 6) is 0.337. The van der Waals surface area contributed by atoms with Crippen LogP contribution in [-0.2, 0) is 17.8 Å². The smallest absolute Gasteiger partial charge is 0.224 e. The van der Waals surface area contributed by atoms with E-state index in [0.29, 0.717) is 28.4 Å². The van der Waals surface area contributed by atoms with E-state index in [1.807, 2.05) is 16.7 Å². The molecule has 0 aliphatic carbocycles. The molecule has 3 rings (SSSR count). The molecule has 6 nitrogen and oxygen atoms in total. The van der Waals surface area contributed by atoms with Gasteiger partial charge in [0.05, 0.1) is 30.8 Å². The fourth-order valence-electron chi connectivity index (χ4n) is 2.66. The zero-order chi connectivity index (χ0) is 18.7. The van der Waals surface area contributed by atoms with Crippen molar-refractivity contribution in [3.63, 3.8) is 0 Å². The number of nitrogens with one attached hydrogen (secondary N) is 1. The Hall–Kier alpha value is -2.86. The van der Waals surface area contributed by atoms with Crippen LogP contribution in [0.25, 0.3) is 5.65 Å². The van der Waals surface area contributed by atoms with Crippen molar-refractivity contribution in [2.24, 2.45) is 0 Å². The number of ketones is 1. The number of amides is 1. The Morgan fingerprint density at radius 1 is 1.23 bits per heavy atom. The Morgan fingerprint density at radius 2 is 2.04 bits per heavy atom. The van der Waals surface area contributed by atoms with E-state index >= 15 is 0 Å². The van der Waals surface area contributed by atoms with Gasteiger partial charge < -0.3 is 14.5 Å². The Bertz CT molecular complexity index is 981. The predicted molar refractivity (Wildman–Crippen MR) is 98.8 cm³/mol. The van der Waals surface area contributed by atoms with E-state index in [-0.39, 0.29) is 18.1 Å². The molecule has 7 heteroatoms. The number of carbonyl (C=O) groups is 2. The number of pyridine rings is 1. The average molecular weight is 372 g/mol. The lowest BCUT2D eigenvalue weighted by atomic mass is 10.0. The molecule has 0 spiro atoms. The molecule has 3 aromatic rings. The maximum Gasteiger partial charge on any atom is 0.224 e. The van der Waals surface area contributed by atoms with Crippen LogP contribution in [0.3, 0.4) is 0 Å². The molecule has 0 radical (unpaired) electrons. The van der Waals surface area contributed by atoms with Crippen LogP contribution in [0.5, 0.6) is 5.75 Å². The number of aromatic nitrogens is 2. The molecule has 0 aliphatic rings. The highest BCUT2D eigenvalue weighted by Crippen LogP contribution is 2.21. The first-order valence-corrected chi connectivity index (χ1v) is 8.42. The Labute approximate surface area is 155 Å². The molecule has 2 aromatic heterocycles. The number of methoxy groups -OCH3 is 1. The molecule has 1 amide bonds. The lowest BCUT2D eigenvalue weighted by Crippen LogP contribution is -2.25. The van der Waals surface area contributed by atoms with Crippen LogP contribution in [-0.4, -0.2) is 28.2 Å². The summed E-state index contributed by atoms with van der Waals surface area (Å²) in [4.78, 5) is 28.3. The third-order valence-electron chi connectivity index (χ3n) is 3.97. The molecule has 134 valence electrons. The van der Waals surface area contributed by atoms with Gasteiger partial charge in [-0.05, 0) is 37.3 Å². The molecule has 0 unspecified atom stereocenters. The summed E-state index contributed by atoms with van der Waals surface area (Å²) < 4.78 is 7.08. The fourth-order valence-corrected chi connectivity index (χ4v) is 2.83. The number of hydrogen-bond donors (Lipinski definition) is 1. The number of fused-ring (bicyclic) bond motifs is 1. The lowest BCUT2D eigenvalue weighted by Gasteiger charge is -2.10. The number of nitrogens with zero attached hydrogens (tertiary/aromatic N) is 2. The molecular weight excluding hydrogens is 354 g/mol. The van der Waals surface area contributed by atoms with Gasteiger partial charge in [0.25, 0.3) is 0 Å². The highest BCUT2D eigenvalue weighted by Gasteiger charge is 2.12. The monoisotopic (exact) mass is 371 g/mol.